The van der Waals surface area contributed by atoms with E-state index in [-0.39, 0.29) is 11.9 Å². The Labute approximate surface area is 151 Å². The minimum absolute atomic E-state index is 0.100. The maximum absolute atomic E-state index is 12.2. The van der Waals surface area contributed by atoms with Gasteiger partial charge in [0.25, 0.3) is 5.91 Å². The topological polar surface area (TPSA) is 80.0 Å². The Morgan fingerprint density at radius 3 is 2.48 bits per heavy atom. The number of carbonyl (C=O) groups is 1. The van der Waals surface area contributed by atoms with Gasteiger partial charge >= 0.3 is 0 Å². The Morgan fingerprint density at radius 1 is 1.12 bits per heavy atom. The number of amides is 1. The monoisotopic (exact) mass is 358 g/mol. The summed E-state index contributed by atoms with van der Waals surface area (Å²) >= 11 is 6.06. The van der Waals surface area contributed by atoms with Crippen molar-refractivity contribution in [2.75, 3.05) is 13.1 Å². The molecule has 1 heterocycles. The van der Waals surface area contributed by atoms with Gasteiger partial charge in [-0.05, 0) is 49.2 Å². The summed E-state index contributed by atoms with van der Waals surface area (Å²) in [5, 5.41) is 9.15. The summed E-state index contributed by atoms with van der Waals surface area (Å²) in [6, 6.07) is 13.9. The molecule has 2 aromatic rings. The molecule has 0 unspecified atom stereocenters. The van der Waals surface area contributed by atoms with Crippen LogP contribution in [0.5, 0.6) is 11.5 Å². The van der Waals surface area contributed by atoms with E-state index in [1.165, 1.54) is 0 Å². The van der Waals surface area contributed by atoms with Gasteiger partial charge in [0, 0.05) is 18.7 Å². The lowest BCUT2D eigenvalue weighted by molar-refractivity contribution is 0.0976. The number of nitrogens with two attached hydrogens (primary N) is 1. The van der Waals surface area contributed by atoms with Crippen molar-refractivity contribution in [2.45, 2.75) is 12.8 Å². The predicted octanol–water partition coefficient (Wildman–Crippen LogP) is 3.19. The summed E-state index contributed by atoms with van der Waals surface area (Å²) in [6.07, 6.45) is 2.19. The number of para-hydroxylation sites is 1. The molecule has 0 atom stereocenters. The van der Waals surface area contributed by atoms with E-state index in [4.69, 9.17) is 22.1 Å². The van der Waals surface area contributed by atoms with Crippen LogP contribution in [-0.2, 0) is 0 Å². The lowest BCUT2D eigenvalue weighted by Crippen LogP contribution is -2.38. The molecular weight excluding hydrogens is 340 g/mol. The molecule has 0 aliphatic carbocycles. The van der Waals surface area contributed by atoms with E-state index in [9.17, 15) is 4.79 Å². The first kappa shape index (κ1) is 17.1. The van der Waals surface area contributed by atoms with Gasteiger partial charge in [-0.3, -0.25) is 15.1 Å². The summed E-state index contributed by atoms with van der Waals surface area (Å²) in [5.74, 6) is 0.930. The van der Waals surface area contributed by atoms with Gasteiger partial charge in [-0.1, -0.05) is 23.7 Å². The van der Waals surface area contributed by atoms with E-state index in [2.05, 4.69) is 10.4 Å². The third-order valence-corrected chi connectivity index (χ3v) is 4.07. The van der Waals surface area contributed by atoms with Crippen LogP contribution in [0.1, 0.15) is 23.2 Å². The third-order valence-electron chi connectivity index (χ3n) is 3.75. The van der Waals surface area contributed by atoms with E-state index in [0.717, 1.165) is 25.9 Å². The van der Waals surface area contributed by atoms with E-state index in [1.807, 2.05) is 17.1 Å². The second-order valence-corrected chi connectivity index (χ2v) is 6.06. The Bertz CT molecular complexity index is 771. The van der Waals surface area contributed by atoms with Crippen molar-refractivity contribution >= 4 is 23.5 Å². The summed E-state index contributed by atoms with van der Waals surface area (Å²) in [7, 11) is 0. The third kappa shape index (κ3) is 4.64. The van der Waals surface area contributed by atoms with Crippen molar-refractivity contribution in [1.29, 1.82) is 0 Å². The second kappa shape index (κ2) is 7.90. The first-order valence-corrected chi connectivity index (χ1v) is 8.42. The number of halogens is 1. The summed E-state index contributed by atoms with van der Waals surface area (Å²) in [5.41, 5.74) is 6.24. The first-order valence-electron chi connectivity index (χ1n) is 8.04. The van der Waals surface area contributed by atoms with Gasteiger partial charge in [0.1, 0.15) is 11.5 Å². The van der Waals surface area contributed by atoms with Crippen molar-refractivity contribution in [3.63, 3.8) is 0 Å². The Balaban J connectivity index is 1.61. The molecular formula is C18H19ClN4O2. The second-order valence-electron chi connectivity index (χ2n) is 5.66. The molecule has 1 fully saturated rings. The normalized spacial score (nSPS) is 14.4. The number of nitrogens with one attached hydrogen (secondary N) is 1. The van der Waals surface area contributed by atoms with Crippen molar-refractivity contribution in [3.05, 3.63) is 59.1 Å². The van der Waals surface area contributed by atoms with Crippen molar-refractivity contribution < 1.29 is 9.53 Å². The molecule has 1 aliphatic heterocycles. The fourth-order valence-electron chi connectivity index (χ4n) is 2.50. The fourth-order valence-corrected chi connectivity index (χ4v) is 2.67. The molecule has 7 heteroatoms. The van der Waals surface area contributed by atoms with Crippen LogP contribution in [0.3, 0.4) is 0 Å². The van der Waals surface area contributed by atoms with Gasteiger partial charge in [0.05, 0.1) is 5.02 Å². The zero-order chi connectivity index (χ0) is 17.6. The van der Waals surface area contributed by atoms with Crippen molar-refractivity contribution in [1.82, 2.24) is 10.3 Å². The lowest BCUT2D eigenvalue weighted by atomic mass is 10.2. The first-order chi connectivity index (χ1) is 12.1. The van der Waals surface area contributed by atoms with Crippen LogP contribution in [0.2, 0.25) is 5.02 Å². The molecule has 1 saturated heterocycles. The largest absolute Gasteiger partial charge is 0.456 e. The van der Waals surface area contributed by atoms with Gasteiger partial charge in [-0.15, -0.1) is 5.10 Å². The average Bonchev–Trinajstić information content (AvgIpc) is 3.10. The molecule has 0 bridgehead atoms. The van der Waals surface area contributed by atoms with Gasteiger partial charge in [0.2, 0.25) is 5.96 Å². The smallest absolute Gasteiger partial charge is 0.257 e. The van der Waals surface area contributed by atoms with E-state index in [0.29, 0.717) is 22.1 Å². The Kier molecular flexibility index (Phi) is 5.40. The van der Waals surface area contributed by atoms with Crippen LogP contribution < -0.4 is 15.8 Å². The SMILES string of the molecule is N/C(=N\N1CCCC1)NC(=O)c1ccc(Oc2ccccc2Cl)cc1. The lowest BCUT2D eigenvalue weighted by Gasteiger charge is -2.12. The van der Waals surface area contributed by atoms with Crippen LogP contribution >= 0.6 is 11.6 Å². The van der Waals surface area contributed by atoms with Crippen molar-refractivity contribution in [3.8, 4) is 11.5 Å². The van der Waals surface area contributed by atoms with Gasteiger partial charge in [0.15, 0.2) is 0 Å². The molecule has 3 N–H and O–H groups in total. The van der Waals surface area contributed by atoms with E-state index < -0.39 is 0 Å². The molecule has 0 aromatic heterocycles. The molecule has 6 nitrogen and oxygen atoms in total. The van der Waals surface area contributed by atoms with Crippen LogP contribution in [0.15, 0.2) is 53.6 Å². The van der Waals surface area contributed by atoms with Gasteiger partial charge < -0.3 is 10.5 Å². The highest BCUT2D eigenvalue weighted by Gasteiger charge is 2.12. The molecule has 0 spiro atoms. The number of carbonyl (C=O) groups excluding carboxylic acids is 1. The van der Waals surface area contributed by atoms with Crippen molar-refractivity contribution in [2.24, 2.45) is 10.8 Å². The molecule has 0 radical (unpaired) electrons. The van der Waals surface area contributed by atoms with E-state index in [1.54, 1.807) is 36.4 Å². The quantitative estimate of drug-likeness (QED) is 0.649. The standard InChI is InChI=1S/C18H19ClN4O2/c19-15-5-1-2-6-16(15)25-14-9-7-13(8-10-14)17(24)21-18(20)22-23-11-3-4-12-23/h1-2,5-10H,3-4,11-12H2,(H3,20,21,22,24). The van der Waals surface area contributed by atoms with Gasteiger partial charge in [-0.25, -0.2) is 0 Å². The van der Waals surface area contributed by atoms with Crippen LogP contribution in [0.4, 0.5) is 0 Å². The zero-order valence-corrected chi connectivity index (χ0v) is 14.4. The minimum Gasteiger partial charge on any atom is -0.456 e. The number of hydrogen-bond acceptors (Lipinski definition) is 4. The van der Waals surface area contributed by atoms with Crippen LogP contribution in [-0.4, -0.2) is 30.0 Å². The Morgan fingerprint density at radius 2 is 1.80 bits per heavy atom. The Hall–Kier alpha value is -2.73. The highest BCUT2D eigenvalue weighted by molar-refractivity contribution is 6.32. The molecule has 1 amide bonds. The van der Waals surface area contributed by atoms with Crippen LogP contribution in [0, 0.1) is 0 Å². The molecule has 0 saturated carbocycles. The number of hydrazone groups is 1. The molecule has 130 valence electrons. The molecule has 1 aliphatic rings. The highest BCUT2D eigenvalue weighted by Crippen LogP contribution is 2.28. The summed E-state index contributed by atoms with van der Waals surface area (Å²) in [4.78, 5) is 12.2. The summed E-state index contributed by atoms with van der Waals surface area (Å²) < 4.78 is 5.69. The number of guanidine groups is 1. The zero-order valence-electron chi connectivity index (χ0n) is 13.6. The maximum Gasteiger partial charge on any atom is 0.257 e. The molecule has 25 heavy (non-hydrogen) atoms. The van der Waals surface area contributed by atoms with Crippen LogP contribution in [0.25, 0.3) is 0 Å². The number of benzene rings is 2. The summed E-state index contributed by atoms with van der Waals surface area (Å²) in [6.45, 7) is 1.73. The number of nitrogens with zero attached hydrogens (tertiary/aromatic N) is 2. The van der Waals surface area contributed by atoms with E-state index >= 15 is 0 Å². The van der Waals surface area contributed by atoms with Gasteiger partial charge in [-0.2, -0.15) is 0 Å². The number of rotatable bonds is 4. The maximum atomic E-state index is 12.2. The minimum atomic E-state index is -0.315. The molecule has 3 rings (SSSR count). The fraction of sp³-hybridized carbons (Fsp3) is 0.222. The predicted molar refractivity (Wildman–Crippen MR) is 97.9 cm³/mol. The average molecular weight is 359 g/mol. The molecule has 2 aromatic carbocycles. The highest BCUT2D eigenvalue weighted by atomic mass is 35.5. The number of hydrogen-bond donors (Lipinski definition) is 2. The number of ether oxygens (including phenoxy) is 1.